The molecule has 12 nitrogen and oxygen atoms in total. The van der Waals surface area contributed by atoms with Crippen LogP contribution in [0.3, 0.4) is 0 Å². The number of pyridine rings is 1. The first-order valence-corrected chi connectivity index (χ1v) is 24.3. The van der Waals surface area contributed by atoms with Crippen LogP contribution in [0.5, 0.6) is 5.75 Å². The third kappa shape index (κ3) is 8.22. The molecule has 0 radical (unpaired) electrons. The zero-order chi connectivity index (χ0) is 44.8. The number of benzene rings is 1. The molecule has 3 N–H and O–H groups in total. The Morgan fingerprint density at radius 2 is 1.73 bits per heavy atom. The van der Waals surface area contributed by atoms with E-state index in [0.29, 0.717) is 39.8 Å². The maximum absolute atomic E-state index is 13.1. The van der Waals surface area contributed by atoms with Gasteiger partial charge in [-0.25, -0.2) is 4.98 Å². The number of rotatable bonds is 8. The Bertz CT molecular complexity index is 2250. The molecule has 342 valence electrons. The lowest BCUT2D eigenvalue weighted by Crippen LogP contribution is -2.55. The molecular formula is C52H70N8O4. The van der Waals surface area contributed by atoms with Crippen LogP contribution in [0, 0.1) is 28.6 Å². The number of nitrogens with one attached hydrogen (secondary N) is 2. The van der Waals surface area contributed by atoms with E-state index >= 15 is 0 Å². The van der Waals surface area contributed by atoms with Gasteiger partial charge in [0.2, 0.25) is 11.9 Å². The smallest absolute Gasteiger partial charge is 0.251 e. The molecule has 3 saturated carbocycles. The molecule has 12 heteroatoms. The Labute approximate surface area is 380 Å². The summed E-state index contributed by atoms with van der Waals surface area (Å²) in [6.07, 6.45) is 25.8. The minimum atomic E-state index is -0.227. The zero-order valence-corrected chi connectivity index (χ0v) is 39.0. The van der Waals surface area contributed by atoms with Crippen molar-refractivity contribution in [2.24, 2.45) is 28.6 Å². The van der Waals surface area contributed by atoms with Gasteiger partial charge in [0.1, 0.15) is 17.5 Å². The number of aromatic nitrogens is 3. The van der Waals surface area contributed by atoms with Crippen LogP contribution in [-0.4, -0.2) is 95.3 Å². The van der Waals surface area contributed by atoms with E-state index in [4.69, 9.17) is 9.72 Å². The van der Waals surface area contributed by atoms with E-state index in [1.54, 1.807) is 48.5 Å². The number of amides is 2. The van der Waals surface area contributed by atoms with Crippen LogP contribution >= 0.6 is 0 Å². The van der Waals surface area contributed by atoms with Crippen molar-refractivity contribution in [2.45, 2.75) is 135 Å². The Kier molecular flexibility index (Phi) is 12.6. The summed E-state index contributed by atoms with van der Waals surface area (Å²) in [4.78, 5) is 46.0. The average molecular weight is 871 g/mol. The first-order valence-electron chi connectivity index (χ1n) is 24.3. The molecule has 10 rings (SSSR count). The SMILES string of the molecule is CC[C@@H]1C(=O)N(C)c2cnc(Nc3ccc(C(=O)NC4CCN(C)CC4)cc3OC)nc2N1C1CCCC1.C[C@]12CC[C@H](O)CC1=CC[C@@H]1[C@@H]2CC[C@]2(C)C(c3cccnc3)=CC[C@@H]12. The second kappa shape index (κ2) is 18.2. The van der Waals surface area contributed by atoms with Crippen molar-refractivity contribution >= 4 is 40.5 Å². The normalized spacial score (nSPS) is 30.5. The number of piperidine rings is 1. The lowest BCUT2D eigenvalue weighted by atomic mass is 9.47. The summed E-state index contributed by atoms with van der Waals surface area (Å²) in [5, 5.41) is 16.6. The average Bonchev–Trinajstić information content (AvgIpc) is 3.97. The van der Waals surface area contributed by atoms with Crippen LogP contribution in [0.4, 0.5) is 23.1 Å². The number of methoxy groups -OCH3 is 1. The van der Waals surface area contributed by atoms with Crippen LogP contribution in [0.15, 0.2) is 66.6 Å². The first kappa shape index (κ1) is 44.4. The molecular weight excluding hydrogens is 801 g/mol. The van der Waals surface area contributed by atoms with E-state index < -0.39 is 0 Å². The van der Waals surface area contributed by atoms with Crippen molar-refractivity contribution in [3.05, 3.63) is 77.8 Å². The summed E-state index contributed by atoms with van der Waals surface area (Å²) < 4.78 is 5.63. The maximum atomic E-state index is 13.1. The molecule has 64 heavy (non-hydrogen) atoms. The standard InChI is InChI=1S/C28H39N7O3.C24H31NO/c1-5-22-27(37)34(3)23-17-29-28(32-25(23)35(22)20-8-6-7-9-20)31-21-11-10-18(16-24(21)38-4)26(36)30-19-12-14-33(2)15-13-19;1-23-11-9-18(26)14-17(23)5-6-19-21-8-7-20(16-4-3-13-25-15-16)24(21,2)12-10-22(19)23/h10-11,16-17,19-20,22H,5-9,12-15H2,1-4H3,(H,30,36)(H,29,31,32);3-5,7,13,15,18-19,21-22,26H,6,8-12,14H2,1-2H3/t22-;18-,19-,21-,22-,23-,24+/m10/s1. The minimum absolute atomic E-state index is 0.0898. The van der Waals surface area contributed by atoms with E-state index in [1.165, 1.54) is 50.5 Å². The van der Waals surface area contributed by atoms with Gasteiger partial charge in [-0.1, -0.05) is 57.4 Å². The number of aliphatic hydroxyl groups excluding tert-OH is 1. The summed E-state index contributed by atoms with van der Waals surface area (Å²) in [6, 6.07) is 9.93. The van der Waals surface area contributed by atoms with Crippen LogP contribution in [0.25, 0.3) is 5.57 Å². The third-order valence-electron chi connectivity index (χ3n) is 16.8. The number of carbonyl (C=O) groups is 2. The fourth-order valence-corrected chi connectivity index (χ4v) is 13.1. The molecule has 1 saturated heterocycles. The summed E-state index contributed by atoms with van der Waals surface area (Å²) in [7, 11) is 5.48. The number of ether oxygens (including phenoxy) is 1. The number of likely N-dealkylation sites (tertiary alicyclic amines) is 1. The fraction of sp³-hybridized carbons (Fsp3) is 0.596. The number of hydrogen-bond acceptors (Lipinski definition) is 10. The van der Waals surface area contributed by atoms with Gasteiger partial charge in [-0.2, -0.15) is 4.98 Å². The van der Waals surface area contributed by atoms with E-state index in [-0.39, 0.29) is 30.0 Å². The molecule has 1 aromatic carbocycles. The Morgan fingerprint density at radius 1 is 0.953 bits per heavy atom. The van der Waals surface area contributed by atoms with Gasteiger partial charge in [-0.05, 0) is 161 Å². The number of likely N-dealkylation sites (N-methyl/N-ethyl adjacent to an activating group) is 1. The van der Waals surface area contributed by atoms with E-state index in [2.05, 4.69) is 82.5 Å². The zero-order valence-electron chi connectivity index (χ0n) is 39.0. The second-order valence-corrected chi connectivity index (χ2v) is 20.4. The lowest BCUT2D eigenvalue weighted by Gasteiger charge is -2.57. The number of hydrogen-bond donors (Lipinski definition) is 3. The summed E-state index contributed by atoms with van der Waals surface area (Å²) >= 11 is 0. The van der Waals surface area contributed by atoms with E-state index in [0.717, 1.165) is 87.3 Å². The predicted molar refractivity (Wildman–Crippen MR) is 254 cm³/mol. The van der Waals surface area contributed by atoms with Crippen molar-refractivity contribution in [3.63, 3.8) is 0 Å². The molecule has 2 amide bonds. The summed E-state index contributed by atoms with van der Waals surface area (Å²) in [5.74, 6) is 4.10. The summed E-state index contributed by atoms with van der Waals surface area (Å²) in [6.45, 7) is 9.05. The van der Waals surface area contributed by atoms with Gasteiger partial charge >= 0.3 is 0 Å². The molecule has 5 aliphatic carbocycles. The van der Waals surface area contributed by atoms with Crippen LogP contribution < -0.4 is 25.2 Å². The first-order chi connectivity index (χ1) is 30.9. The molecule has 0 bridgehead atoms. The van der Waals surface area contributed by atoms with Gasteiger partial charge in [0.25, 0.3) is 5.91 Å². The van der Waals surface area contributed by atoms with Crippen molar-refractivity contribution in [3.8, 4) is 5.75 Å². The van der Waals surface area contributed by atoms with E-state index in [1.807, 2.05) is 18.5 Å². The van der Waals surface area contributed by atoms with Crippen molar-refractivity contribution in [1.82, 2.24) is 25.2 Å². The van der Waals surface area contributed by atoms with Gasteiger partial charge in [0, 0.05) is 37.1 Å². The Morgan fingerprint density at radius 3 is 2.47 bits per heavy atom. The van der Waals surface area contributed by atoms with Gasteiger partial charge in [-0.3, -0.25) is 14.6 Å². The molecule has 7 atom stereocenters. The quantitative estimate of drug-likeness (QED) is 0.188. The van der Waals surface area contributed by atoms with Gasteiger partial charge < -0.3 is 35.2 Å². The van der Waals surface area contributed by atoms with Crippen molar-refractivity contribution in [1.29, 1.82) is 0 Å². The molecule has 0 unspecified atom stereocenters. The lowest BCUT2D eigenvalue weighted by molar-refractivity contribution is -0.120. The maximum Gasteiger partial charge on any atom is 0.251 e. The molecule has 4 heterocycles. The van der Waals surface area contributed by atoms with Crippen LogP contribution in [0.2, 0.25) is 0 Å². The van der Waals surface area contributed by atoms with E-state index in [9.17, 15) is 14.7 Å². The highest BCUT2D eigenvalue weighted by Crippen LogP contribution is 2.66. The van der Waals surface area contributed by atoms with Crippen molar-refractivity contribution in [2.75, 3.05) is 49.4 Å². The van der Waals surface area contributed by atoms with Gasteiger partial charge in [0.15, 0.2) is 5.82 Å². The highest BCUT2D eigenvalue weighted by molar-refractivity contribution is 6.04. The molecule has 4 fully saturated rings. The molecule has 0 spiro atoms. The fourth-order valence-electron chi connectivity index (χ4n) is 13.1. The molecule has 7 aliphatic rings. The highest BCUT2D eigenvalue weighted by atomic mass is 16.5. The van der Waals surface area contributed by atoms with Crippen molar-refractivity contribution < 1.29 is 19.4 Å². The van der Waals surface area contributed by atoms with Crippen LogP contribution in [-0.2, 0) is 4.79 Å². The van der Waals surface area contributed by atoms with Gasteiger partial charge in [-0.15, -0.1) is 0 Å². The largest absolute Gasteiger partial charge is 0.495 e. The number of anilines is 4. The highest BCUT2D eigenvalue weighted by Gasteiger charge is 2.56. The monoisotopic (exact) mass is 871 g/mol. The van der Waals surface area contributed by atoms with Gasteiger partial charge in [0.05, 0.1) is 25.1 Å². The second-order valence-electron chi connectivity index (χ2n) is 20.4. The number of aliphatic hydroxyl groups is 1. The third-order valence-corrected chi connectivity index (χ3v) is 16.8. The number of fused-ring (bicyclic) bond motifs is 6. The Balaban J connectivity index is 0.000000173. The van der Waals surface area contributed by atoms with Crippen LogP contribution in [0.1, 0.15) is 127 Å². The number of carbonyl (C=O) groups excluding carboxylic acids is 2. The summed E-state index contributed by atoms with van der Waals surface area (Å²) in [5.41, 5.74) is 7.03. The minimum Gasteiger partial charge on any atom is -0.495 e. The number of allylic oxidation sites excluding steroid dienone is 3. The number of nitrogens with zero attached hydrogens (tertiary/aromatic N) is 6. The molecule has 2 aromatic heterocycles. The topological polar surface area (TPSA) is 136 Å². The Hall–Kier alpha value is -4.81. The molecule has 3 aromatic rings. The molecule has 2 aliphatic heterocycles. The predicted octanol–water partition coefficient (Wildman–Crippen LogP) is 8.96.